The zero-order valence-electron chi connectivity index (χ0n) is 17.5. The molecule has 1 aromatic carbocycles. The molecule has 0 saturated carbocycles. The second-order valence-corrected chi connectivity index (χ2v) is 10.6. The average molecular weight is 521 g/mol. The van der Waals surface area contributed by atoms with E-state index in [0.717, 1.165) is 36.2 Å². The molecule has 1 aliphatic heterocycles. The normalized spacial score (nSPS) is 16.4. The highest BCUT2D eigenvalue weighted by Crippen LogP contribution is 2.26. The fourth-order valence-corrected chi connectivity index (χ4v) is 5.33. The van der Waals surface area contributed by atoms with Crippen LogP contribution in [0.2, 0.25) is 0 Å². The van der Waals surface area contributed by atoms with Crippen LogP contribution in [-0.2, 0) is 9.84 Å². The lowest BCUT2D eigenvalue weighted by atomic mass is 10.1. The highest BCUT2D eigenvalue weighted by molar-refractivity contribution is 9.10. The third-order valence-electron chi connectivity index (χ3n) is 5.60. The van der Waals surface area contributed by atoms with Crippen molar-refractivity contribution in [3.05, 3.63) is 70.8 Å². The van der Waals surface area contributed by atoms with E-state index in [-0.39, 0.29) is 21.8 Å². The fraction of sp³-hybridized carbons (Fsp3) is 0.348. The van der Waals surface area contributed by atoms with E-state index in [1.165, 1.54) is 37.1 Å². The lowest BCUT2D eigenvalue weighted by Gasteiger charge is -2.29. The summed E-state index contributed by atoms with van der Waals surface area (Å²) in [6.45, 7) is 2.22. The van der Waals surface area contributed by atoms with Crippen molar-refractivity contribution in [1.82, 2.24) is 10.2 Å². The minimum Gasteiger partial charge on any atom is -0.468 e. The van der Waals surface area contributed by atoms with Crippen molar-refractivity contribution in [2.24, 2.45) is 0 Å². The number of carbonyl (C=O) groups excluding carboxylic acids is 1. The Hall–Kier alpha value is -2.36. The molecule has 0 aliphatic carbocycles. The van der Waals surface area contributed by atoms with Gasteiger partial charge < -0.3 is 14.2 Å². The summed E-state index contributed by atoms with van der Waals surface area (Å²) in [5.74, 6) is 0.286. The van der Waals surface area contributed by atoms with E-state index in [1.54, 1.807) is 18.4 Å². The van der Waals surface area contributed by atoms with Crippen LogP contribution in [0.1, 0.15) is 48.0 Å². The summed E-state index contributed by atoms with van der Waals surface area (Å²) in [5.41, 5.74) is 0. The first kappa shape index (κ1) is 22.8. The van der Waals surface area contributed by atoms with Gasteiger partial charge in [0.2, 0.25) is 14.9 Å². The summed E-state index contributed by atoms with van der Waals surface area (Å²) in [7, 11) is -3.85. The lowest BCUT2D eigenvalue weighted by Crippen LogP contribution is -2.38. The Kier molecular flexibility index (Phi) is 7.17. The minimum atomic E-state index is -3.85. The molecule has 0 radical (unpaired) electrons. The second-order valence-electron chi connectivity index (χ2n) is 7.77. The lowest BCUT2D eigenvalue weighted by molar-refractivity contribution is 0.0894. The van der Waals surface area contributed by atoms with E-state index in [4.69, 9.17) is 8.83 Å². The summed E-state index contributed by atoms with van der Waals surface area (Å²) in [5, 5.41) is 2.62. The van der Waals surface area contributed by atoms with Gasteiger partial charge in [-0.2, -0.15) is 0 Å². The van der Waals surface area contributed by atoms with Crippen LogP contribution in [0, 0.1) is 0 Å². The van der Waals surface area contributed by atoms with Gasteiger partial charge in [-0.05, 0) is 74.5 Å². The molecule has 1 amide bonds. The van der Waals surface area contributed by atoms with Crippen molar-refractivity contribution in [3.63, 3.8) is 0 Å². The minimum absolute atomic E-state index is 0.0465. The summed E-state index contributed by atoms with van der Waals surface area (Å²) in [6.07, 6.45) is 6.26. The van der Waals surface area contributed by atoms with Gasteiger partial charge in [0.1, 0.15) is 5.76 Å². The van der Waals surface area contributed by atoms with Crippen LogP contribution in [0.3, 0.4) is 0 Å². The number of hydrogen-bond acceptors (Lipinski definition) is 6. The van der Waals surface area contributed by atoms with Crippen molar-refractivity contribution >= 4 is 31.7 Å². The van der Waals surface area contributed by atoms with Crippen molar-refractivity contribution < 1.29 is 22.0 Å². The van der Waals surface area contributed by atoms with Crippen LogP contribution in [0.25, 0.3) is 0 Å². The van der Waals surface area contributed by atoms with Gasteiger partial charge in [0.05, 0.1) is 17.2 Å². The number of hydrogen-bond donors (Lipinski definition) is 1. The maximum atomic E-state index is 12.8. The van der Waals surface area contributed by atoms with Crippen LogP contribution < -0.4 is 5.32 Å². The van der Waals surface area contributed by atoms with E-state index < -0.39 is 15.7 Å². The van der Waals surface area contributed by atoms with Crippen LogP contribution in [0.15, 0.2) is 78.1 Å². The number of sulfone groups is 1. The van der Waals surface area contributed by atoms with Crippen LogP contribution in [0.4, 0.5) is 0 Å². The van der Waals surface area contributed by atoms with Gasteiger partial charge >= 0.3 is 0 Å². The molecule has 1 saturated heterocycles. The molecule has 32 heavy (non-hydrogen) atoms. The third kappa shape index (κ3) is 5.16. The van der Waals surface area contributed by atoms with E-state index in [0.29, 0.717) is 6.54 Å². The maximum absolute atomic E-state index is 12.8. The fourth-order valence-electron chi connectivity index (χ4n) is 3.89. The third-order valence-corrected chi connectivity index (χ3v) is 7.77. The molecule has 1 unspecified atom stereocenters. The van der Waals surface area contributed by atoms with E-state index in [2.05, 4.69) is 26.1 Å². The molecular formula is C23H25BrN2O5S. The number of halogens is 1. The highest BCUT2D eigenvalue weighted by Gasteiger charge is 2.26. The molecule has 0 bridgehead atoms. The quantitative estimate of drug-likeness (QED) is 0.480. The Morgan fingerprint density at radius 2 is 1.75 bits per heavy atom. The molecule has 1 fully saturated rings. The Morgan fingerprint density at radius 1 is 1.03 bits per heavy atom. The van der Waals surface area contributed by atoms with Gasteiger partial charge in [0.25, 0.3) is 5.91 Å². The van der Waals surface area contributed by atoms with Gasteiger partial charge in [-0.25, -0.2) is 8.42 Å². The standard InChI is InChI=1S/C23H25BrN2O5S/c24-17-7-9-18(10-8-17)32(28,29)22-12-11-21(31-22)23(27)25-16-19(20-6-5-15-30-20)26-13-3-1-2-4-14-26/h5-12,15,19H,1-4,13-14,16H2,(H,25,27). The monoisotopic (exact) mass is 520 g/mol. The molecule has 2 aromatic heterocycles. The summed E-state index contributed by atoms with van der Waals surface area (Å²) in [4.78, 5) is 15.2. The zero-order valence-corrected chi connectivity index (χ0v) is 19.9. The number of rotatable bonds is 7. The molecule has 0 spiro atoms. The number of amides is 1. The summed E-state index contributed by atoms with van der Waals surface area (Å²) < 4.78 is 37.4. The molecule has 1 aliphatic rings. The molecular weight excluding hydrogens is 496 g/mol. The van der Waals surface area contributed by atoms with Crippen molar-refractivity contribution in [2.75, 3.05) is 19.6 Å². The number of nitrogens with one attached hydrogen (secondary N) is 1. The van der Waals surface area contributed by atoms with Gasteiger partial charge in [-0.3, -0.25) is 9.69 Å². The molecule has 3 aromatic rings. The van der Waals surface area contributed by atoms with Gasteiger partial charge in [0.15, 0.2) is 5.76 Å². The molecule has 170 valence electrons. The Balaban J connectivity index is 1.46. The molecule has 3 heterocycles. The Labute approximate surface area is 195 Å². The predicted octanol–water partition coefficient (Wildman–Crippen LogP) is 4.82. The first-order chi connectivity index (χ1) is 15.4. The number of furan rings is 2. The SMILES string of the molecule is O=C(NCC(c1ccco1)N1CCCCCC1)c1ccc(S(=O)(=O)c2ccc(Br)cc2)o1. The maximum Gasteiger partial charge on any atom is 0.287 e. The van der Waals surface area contributed by atoms with E-state index in [9.17, 15) is 13.2 Å². The first-order valence-electron chi connectivity index (χ1n) is 10.6. The van der Waals surface area contributed by atoms with Crippen LogP contribution in [0.5, 0.6) is 0 Å². The van der Waals surface area contributed by atoms with Gasteiger partial charge in [0, 0.05) is 11.0 Å². The molecule has 1 atom stereocenters. The summed E-state index contributed by atoms with van der Waals surface area (Å²) in [6, 6.07) is 12.6. The topological polar surface area (TPSA) is 92.8 Å². The Bertz CT molecular complexity index is 1130. The number of nitrogens with zero attached hydrogens (tertiary/aromatic N) is 1. The Morgan fingerprint density at radius 3 is 2.41 bits per heavy atom. The molecule has 9 heteroatoms. The predicted molar refractivity (Wildman–Crippen MR) is 122 cm³/mol. The van der Waals surface area contributed by atoms with E-state index in [1.807, 2.05) is 12.1 Å². The van der Waals surface area contributed by atoms with E-state index >= 15 is 0 Å². The van der Waals surface area contributed by atoms with Gasteiger partial charge in [-0.15, -0.1) is 0 Å². The number of likely N-dealkylation sites (tertiary alicyclic amines) is 1. The van der Waals surface area contributed by atoms with Crippen molar-refractivity contribution in [3.8, 4) is 0 Å². The molecule has 7 nitrogen and oxygen atoms in total. The zero-order chi connectivity index (χ0) is 22.6. The van der Waals surface area contributed by atoms with Crippen molar-refractivity contribution in [2.45, 2.75) is 41.7 Å². The summed E-state index contributed by atoms with van der Waals surface area (Å²) >= 11 is 3.29. The van der Waals surface area contributed by atoms with Crippen LogP contribution >= 0.6 is 15.9 Å². The smallest absolute Gasteiger partial charge is 0.287 e. The average Bonchev–Trinajstić information content (AvgIpc) is 3.43. The second kappa shape index (κ2) is 10.1. The van der Waals surface area contributed by atoms with Gasteiger partial charge in [-0.1, -0.05) is 28.8 Å². The van der Waals surface area contributed by atoms with Crippen molar-refractivity contribution in [1.29, 1.82) is 0 Å². The van der Waals surface area contributed by atoms with Crippen LogP contribution in [-0.4, -0.2) is 38.9 Å². The molecule has 1 N–H and O–H groups in total. The first-order valence-corrected chi connectivity index (χ1v) is 12.9. The molecule has 4 rings (SSSR count). The number of benzene rings is 1. The highest BCUT2D eigenvalue weighted by atomic mass is 79.9. The largest absolute Gasteiger partial charge is 0.468 e. The number of carbonyl (C=O) groups is 1.